The molecule has 8 nitrogen and oxygen atoms in total. The summed E-state index contributed by atoms with van der Waals surface area (Å²) in [5.41, 5.74) is 9.69. The number of hydrogen-bond donors (Lipinski definition) is 5. The van der Waals surface area contributed by atoms with Gasteiger partial charge in [-0.1, -0.05) is 13.8 Å². The van der Waals surface area contributed by atoms with Gasteiger partial charge in [0.2, 0.25) is 0 Å². The van der Waals surface area contributed by atoms with Gasteiger partial charge in [-0.2, -0.15) is 23.5 Å². The summed E-state index contributed by atoms with van der Waals surface area (Å²) in [7, 11) is 1.50. The highest BCUT2D eigenvalue weighted by molar-refractivity contribution is 7.98. The molecule has 3 amide bonds. The predicted octanol–water partition coefficient (Wildman–Crippen LogP) is 0.700. The number of aliphatic carboxylic acids is 1. The molecule has 0 aromatic heterocycles. The monoisotopic (exact) mass is 384 g/mol. The van der Waals surface area contributed by atoms with E-state index < -0.39 is 12.0 Å². The summed E-state index contributed by atoms with van der Waals surface area (Å²) in [5, 5.41) is 13.0. The Morgan fingerprint density at radius 1 is 1.21 bits per heavy atom. The highest BCUT2D eigenvalue weighted by Crippen LogP contribution is 2.03. The first-order valence-corrected chi connectivity index (χ1v) is 10.4. The fourth-order valence-corrected chi connectivity index (χ4v) is 2.23. The molecule has 2 unspecified atom stereocenters. The number of nitrogens with one attached hydrogen (secondary N) is 2. The summed E-state index contributed by atoms with van der Waals surface area (Å²) in [5.74, 6) is 0.583. The van der Waals surface area contributed by atoms with Crippen molar-refractivity contribution in [2.45, 2.75) is 38.8 Å². The van der Waals surface area contributed by atoms with Crippen molar-refractivity contribution < 1.29 is 19.5 Å². The van der Waals surface area contributed by atoms with Gasteiger partial charge in [-0.15, -0.1) is 0 Å². The summed E-state index contributed by atoms with van der Waals surface area (Å²) in [6, 6.07) is -1.37. The first-order valence-electron chi connectivity index (χ1n) is 7.57. The van der Waals surface area contributed by atoms with E-state index in [4.69, 9.17) is 10.8 Å². The van der Waals surface area contributed by atoms with Gasteiger partial charge >= 0.3 is 12.0 Å². The average Bonchev–Trinajstić information content (AvgIpc) is 2.92. The molecule has 24 heavy (non-hydrogen) atoms. The lowest BCUT2D eigenvalue weighted by Gasteiger charge is -2.03. The van der Waals surface area contributed by atoms with E-state index in [-0.39, 0.29) is 18.0 Å². The zero-order valence-electron chi connectivity index (χ0n) is 15.1. The molecule has 1 aliphatic rings. The van der Waals surface area contributed by atoms with Crippen molar-refractivity contribution in [3.8, 4) is 0 Å². The number of amides is 3. The lowest BCUT2D eigenvalue weighted by atomic mass is 10.2. The van der Waals surface area contributed by atoms with Crippen molar-refractivity contribution in [3.63, 3.8) is 0 Å². The summed E-state index contributed by atoms with van der Waals surface area (Å²) < 4.78 is 0. The molecule has 1 saturated heterocycles. The van der Waals surface area contributed by atoms with Crippen LogP contribution in [0.1, 0.15) is 26.7 Å². The van der Waals surface area contributed by atoms with Crippen LogP contribution in [-0.4, -0.2) is 66.2 Å². The van der Waals surface area contributed by atoms with Gasteiger partial charge < -0.3 is 21.9 Å². The SMILES string of the molecule is CC.CN.CSCCC(N)C(=O)O.CSCCC1NC(=O)NC1=O. The molecule has 0 saturated carbocycles. The number of hydrogen-bond acceptors (Lipinski definition) is 7. The second-order valence-electron chi connectivity index (χ2n) is 4.02. The van der Waals surface area contributed by atoms with Crippen LogP contribution in [0.2, 0.25) is 0 Å². The molecular formula is C14H32N4O4S2. The second kappa shape index (κ2) is 20.1. The third-order valence-corrected chi connectivity index (χ3v) is 3.71. The van der Waals surface area contributed by atoms with Crippen LogP contribution in [-0.2, 0) is 9.59 Å². The Balaban J connectivity index is -0.000000309. The number of carboxylic acids is 1. The molecule has 1 aliphatic heterocycles. The Bertz CT molecular complexity index is 347. The van der Waals surface area contributed by atoms with E-state index in [1.54, 1.807) is 23.5 Å². The molecule has 1 rings (SSSR count). The first-order chi connectivity index (χ1) is 11.4. The van der Waals surface area contributed by atoms with Crippen molar-refractivity contribution in [2.75, 3.05) is 31.1 Å². The molecule has 1 fully saturated rings. The van der Waals surface area contributed by atoms with Gasteiger partial charge in [-0.3, -0.25) is 14.9 Å². The van der Waals surface area contributed by atoms with E-state index in [9.17, 15) is 14.4 Å². The second-order valence-corrected chi connectivity index (χ2v) is 5.99. The molecule has 2 atom stereocenters. The maximum absolute atomic E-state index is 10.9. The number of rotatable bonds is 7. The molecule has 0 bridgehead atoms. The average molecular weight is 385 g/mol. The Hall–Kier alpha value is -0.970. The van der Waals surface area contributed by atoms with Crippen molar-refractivity contribution >= 4 is 41.4 Å². The molecular weight excluding hydrogens is 352 g/mol. The van der Waals surface area contributed by atoms with E-state index in [2.05, 4.69) is 16.4 Å². The largest absolute Gasteiger partial charge is 0.480 e. The highest BCUT2D eigenvalue weighted by Gasteiger charge is 2.28. The summed E-state index contributed by atoms with van der Waals surface area (Å²) in [4.78, 5) is 31.5. The fourth-order valence-electron chi connectivity index (χ4n) is 1.27. The number of carbonyl (C=O) groups excluding carboxylic acids is 2. The van der Waals surface area contributed by atoms with E-state index in [0.29, 0.717) is 12.8 Å². The summed E-state index contributed by atoms with van der Waals surface area (Å²) in [6.45, 7) is 4.00. The van der Waals surface area contributed by atoms with Gasteiger partial charge in [0.15, 0.2) is 0 Å². The van der Waals surface area contributed by atoms with E-state index in [1.165, 1.54) is 7.05 Å². The van der Waals surface area contributed by atoms with Crippen LogP contribution in [0.5, 0.6) is 0 Å². The smallest absolute Gasteiger partial charge is 0.322 e. The first kappa shape index (κ1) is 27.9. The quantitative estimate of drug-likeness (QED) is 0.403. The number of carboxylic acid groups (broad SMARTS) is 1. The van der Waals surface area contributed by atoms with Crippen LogP contribution in [0.15, 0.2) is 0 Å². The number of nitrogens with two attached hydrogens (primary N) is 2. The van der Waals surface area contributed by atoms with E-state index in [1.807, 2.05) is 26.4 Å². The van der Waals surface area contributed by atoms with E-state index >= 15 is 0 Å². The Morgan fingerprint density at radius 3 is 2.04 bits per heavy atom. The lowest BCUT2D eigenvalue weighted by molar-refractivity contribution is -0.138. The van der Waals surface area contributed by atoms with Gasteiger partial charge in [0.1, 0.15) is 12.1 Å². The topological polar surface area (TPSA) is 148 Å². The Morgan fingerprint density at radius 2 is 1.71 bits per heavy atom. The molecule has 7 N–H and O–H groups in total. The van der Waals surface area contributed by atoms with E-state index in [0.717, 1.165) is 11.5 Å². The molecule has 0 radical (unpaired) electrons. The third-order valence-electron chi connectivity index (χ3n) is 2.42. The normalized spacial score (nSPS) is 16.0. The van der Waals surface area contributed by atoms with Gasteiger partial charge in [0.25, 0.3) is 5.91 Å². The van der Waals surface area contributed by atoms with Crippen LogP contribution in [0.25, 0.3) is 0 Å². The Labute approximate surface area is 153 Å². The molecule has 10 heteroatoms. The number of imide groups is 1. The van der Waals surface area contributed by atoms with Gasteiger partial charge in [0.05, 0.1) is 0 Å². The number of thioether (sulfide) groups is 2. The zero-order chi connectivity index (χ0) is 19.5. The predicted molar refractivity (Wildman–Crippen MR) is 104 cm³/mol. The minimum atomic E-state index is -0.913. The van der Waals surface area contributed by atoms with Crippen molar-refractivity contribution in [1.29, 1.82) is 0 Å². The molecule has 0 spiro atoms. The molecule has 0 aromatic rings. The molecule has 144 valence electrons. The molecule has 1 heterocycles. The van der Waals surface area contributed by atoms with Crippen LogP contribution >= 0.6 is 23.5 Å². The third kappa shape index (κ3) is 15.9. The van der Waals surface area contributed by atoms with Crippen LogP contribution in [0.4, 0.5) is 4.79 Å². The van der Waals surface area contributed by atoms with Crippen LogP contribution in [0.3, 0.4) is 0 Å². The van der Waals surface area contributed by atoms with Crippen LogP contribution in [0, 0.1) is 0 Å². The van der Waals surface area contributed by atoms with Crippen molar-refractivity contribution in [3.05, 3.63) is 0 Å². The summed E-state index contributed by atoms with van der Waals surface area (Å²) in [6.07, 6.45) is 5.15. The number of urea groups is 1. The van der Waals surface area contributed by atoms with Crippen LogP contribution < -0.4 is 22.1 Å². The fraction of sp³-hybridized carbons (Fsp3) is 0.786. The van der Waals surface area contributed by atoms with Gasteiger partial charge in [-0.25, -0.2) is 4.79 Å². The number of carbonyl (C=O) groups is 3. The maximum Gasteiger partial charge on any atom is 0.322 e. The molecule has 0 aliphatic carbocycles. The molecule has 0 aromatic carbocycles. The van der Waals surface area contributed by atoms with Crippen molar-refractivity contribution in [2.24, 2.45) is 11.5 Å². The maximum atomic E-state index is 10.9. The summed E-state index contributed by atoms with van der Waals surface area (Å²) >= 11 is 3.26. The van der Waals surface area contributed by atoms with Gasteiger partial charge in [-0.05, 0) is 43.9 Å². The van der Waals surface area contributed by atoms with Gasteiger partial charge in [0, 0.05) is 0 Å². The minimum Gasteiger partial charge on any atom is -0.480 e. The zero-order valence-corrected chi connectivity index (χ0v) is 16.8. The Kier molecular flexibility index (Phi) is 23.3. The lowest BCUT2D eigenvalue weighted by Crippen LogP contribution is -2.30. The highest BCUT2D eigenvalue weighted by atomic mass is 32.2. The minimum absolute atomic E-state index is 0.205. The standard InChI is InChI=1S/C6H10N2O2S.C5H11NO2S.C2H6.CH5N/c1-11-3-2-4-5(9)8-6(10)7-4;1-9-3-2-4(6)5(7)8;2*1-2/h4H,2-3H2,1H3,(H2,7,8,9,10);4H,2-3,6H2,1H3,(H,7,8);1-2H3;2H2,1H3. The van der Waals surface area contributed by atoms with Crippen molar-refractivity contribution in [1.82, 2.24) is 10.6 Å².